The Morgan fingerprint density at radius 3 is 2.58 bits per heavy atom. The smallest absolute Gasteiger partial charge is 0.248 e. The van der Waals surface area contributed by atoms with Gasteiger partial charge in [0.1, 0.15) is 5.82 Å². The number of nitrogens with zero attached hydrogens (tertiary/aromatic N) is 1. The Balaban J connectivity index is 1.68. The Bertz CT molecular complexity index is 783. The zero-order chi connectivity index (χ0) is 18.4. The van der Waals surface area contributed by atoms with Crippen LogP contribution in [0.3, 0.4) is 0 Å². The van der Waals surface area contributed by atoms with Gasteiger partial charge in [-0.25, -0.2) is 4.39 Å². The van der Waals surface area contributed by atoms with Crippen molar-refractivity contribution < 1.29 is 9.18 Å². The van der Waals surface area contributed by atoms with Crippen molar-refractivity contribution >= 4 is 28.9 Å². The summed E-state index contributed by atoms with van der Waals surface area (Å²) in [7, 11) is 0. The maximum Gasteiger partial charge on any atom is 0.248 e. The van der Waals surface area contributed by atoms with Crippen molar-refractivity contribution in [3.05, 3.63) is 71.6 Å². The second kappa shape index (κ2) is 9.01. The third-order valence-corrected chi connectivity index (χ3v) is 5.36. The molecule has 26 heavy (non-hydrogen) atoms. The summed E-state index contributed by atoms with van der Waals surface area (Å²) in [5.74, 6) is 1.87. The molecule has 0 spiro atoms. The van der Waals surface area contributed by atoms with E-state index in [1.807, 2.05) is 36.9 Å². The summed E-state index contributed by atoms with van der Waals surface area (Å²) in [6.45, 7) is 4.86. The number of allylic oxidation sites excluding steroid dienone is 1. The quantitative estimate of drug-likeness (QED) is 0.791. The first-order chi connectivity index (χ1) is 12.6. The molecule has 1 heterocycles. The number of carbonyl (C=O) groups is 1. The van der Waals surface area contributed by atoms with Crippen LogP contribution in [0.25, 0.3) is 5.57 Å². The van der Waals surface area contributed by atoms with Gasteiger partial charge in [0, 0.05) is 42.9 Å². The van der Waals surface area contributed by atoms with E-state index >= 15 is 0 Å². The largest absolute Gasteiger partial charge is 0.322 e. The molecule has 1 aliphatic rings. The fraction of sp³-hybridized carbons (Fsp3) is 0.286. The van der Waals surface area contributed by atoms with Crippen LogP contribution in [0.15, 0.2) is 54.6 Å². The highest BCUT2D eigenvalue weighted by molar-refractivity contribution is 7.99. The molecule has 3 rings (SSSR count). The Labute approximate surface area is 158 Å². The molecule has 2 aromatic rings. The number of nitrogens with one attached hydrogen (secondary N) is 1. The molecule has 1 aliphatic heterocycles. The lowest BCUT2D eigenvalue weighted by Gasteiger charge is -2.27. The van der Waals surface area contributed by atoms with Crippen LogP contribution >= 0.6 is 11.8 Å². The van der Waals surface area contributed by atoms with Gasteiger partial charge < -0.3 is 5.32 Å². The van der Waals surface area contributed by atoms with E-state index in [0.29, 0.717) is 0 Å². The number of halogens is 1. The third-order valence-electron chi connectivity index (χ3n) is 4.42. The average Bonchev–Trinajstić information content (AvgIpc) is 2.64. The highest BCUT2D eigenvalue weighted by Gasteiger charge is 2.13. The highest BCUT2D eigenvalue weighted by Crippen LogP contribution is 2.20. The zero-order valence-corrected chi connectivity index (χ0v) is 15.7. The van der Waals surface area contributed by atoms with E-state index in [1.165, 1.54) is 12.1 Å². The fourth-order valence-electron chi connectivity index (χ4n) is 2.94. The maximum atomic E-state index is 13.0. The van der Waals surface area contributed by atoms with Crippen LogP contribution in [0, 0.1) is 5.82 Å². The monoisotopic (exact) mass is 370 g/mol. The highest BCUT2D eigenvalue weighted by atomic mass is 32.2. The molecule has 1 N–H and O–H groups in total. The summed E-state index contributed by atoms with van der Waals surface area (Å²) in [5.41, 5.74) is 3.60. The first-order valence-electron chi connectivity index (χ1n) is 8.75. The van der Waals surface area contributed by atoms with Crippen LogP contribution < -0.4 is 5.32 Å². The molecule has 1 amide bonds. The molecule has 3 nitrogen and oxygen atoms in total. The van der Waals surface area contributed by atoms with E-state index in [0.717, 1.165) is 53.5 Å². The lowest BCUT2D eigenvalue weighted by molar-refractivity contribution is -0.111. The van der Waals surface area contributed by atoms with Gasteiger partial charge in [0.15, 0.2) is 0 Å². The lowest BCUT2D eigenvalue weighted by Crippen LogP contribution is -2.32. The number of anilines is 1. The number of thioether (sulfide) groups is 1. The summed E-state index contributed by atoms with van der Waals surface area (Å²) in [6.07, 6.45) is 1.56. The molecule has 0 atom stereocenters. The minimum atomic E-state index is -0.281. The van der Waals surface area contributed by atoms with Crippen LogP contribution in [-0.4, -0.2) is 35.4 Å². The number of para-hydroxylation sites is 1. The van der Waals surface area contributed by atoms with E-state index in [-0.39, 0.29) is 11.7 Å². The van der Waals surface area contributed by atoms with Gasteiger partial charge >= 0.3 is 0 Å². The molecule has 0 aromatic heterocycles. The van der Waals surface area contributed by atoms with Gasteiger partial charge in [-0.1, -0.05) is 30.3 Å². The van der Waals surface area contributed by atoms with E-state index in [4.69, 9.17) is 0 Å². The molecular formula is C21H23FN2OS. The molecule has 5 heteroatoms. The van der Waals surface area contributed by atoms with Crippen molar-refractivity contribution in [3.63, 3.8) is 0 Å². The fourth-order valence-corrected chi connectivity index (χ4v) is 3.92. The Kier molecular flexibility index (Phi) is 6.47. The molecule has 1 fully saturated rings. The summed E-state index contributed by atoms with van der Waals surface area (Å²) >= 11 is 1.99. The van der Waals surface area contributed by atoms with Gasteiger partial charge in [-0.3, -0.25) is 9.69 Å². The Morgan fingerprint density at radius 1 is 1.15 bits per heavy atom. The number of hydrogen-bond acceptors (Lipinski definition) is 3. The molecular weight excluding hydrogens is 347 g/mol. The predicted molar refractivity (Wildman–Crippen MR) is 108 cm³/mol. The molecule has 136 valence electrons. The van der Waals surface area contributed by atoms with E-state index in [9.17, 15) is 9.18 Å². The van der Waals surface area contributed by atoms with Gasteiger partial charge in [-0.2, -0.15) is 11.8 Å². The summed E-state index contributed by atoms with van der Waals surface area (Å²) in [4.78, 5) is 14.8. The number of rotatable bonds is 5. The third kappa shape index (κ3) is 5.19. The maximum absolute atomic E-state index is 13.0. The van der Waals surface area contributed by atoms with Crippen molar-refractivity contribution in [1.82, 2.24) is 4.90 Å². The number of carbonyl (C=O) groups excluding carboxylic acids is 1. The SMILES string of the molecule is C/C(=C\C(=O)Nc1ccccc1CN1CCSCC1)c1ccc(F)cc1. The van der Waals surface area contributed by atoms with Crippen LogP contribution in [0.5, 0.6) is 0 Å². The van der Waals surface area contributed by atoms with Crippen molar-refractivity contribution in [2.45, 2.75) is 13.5 Å². The Hall–Kier alpha value is -2.11. The van der Waals surface area contributed by atoms with E-state index in [1.54, 1.807) is 18.2 Å². The van der Waals surface area contributed by atoms with Gasteiger partial charge in [0.25, 0.3) is 0 Å². The molecule has 2 aromatic carbocycles. The van der Waals surface area contributed by atoms with Crippen LogP contribution in [0.1, 0.15) is 18.1 Å². The molecule has 0 radical (unpaired) electrons. The molecule has 0 aliphatic carbocycles. The summed E-state index contributed by atoms with van der Waals surface area (Å²) in [5, 5.41) is 2.99. The predicted octanol–water partition coefficient (Wildman–Crippen LogP) is 4.42. The van der Waals surface area contributed by atoms with Crippen molar-refractivity contribution in [3.8, 4) is 0 Å². The van der Waals surface area contributed by atoms with Crippen molar-refractivity contribution in [2.24, 2.45) is 0 Å². The van der Waals surface area contributed by atoms with Crippen molar-refractivity contribution in [2.75, 3.05) is 29.9 Å². The standard InChI is InChI=1S/C21H23FN2OS/c1-16(17-6-8-19(22)9-7-17)14-21(25)23-20-5-3-2-4-18(20)15-24-10-12-26-13-11-24/h2-9,14H,10-13,15H2,1H3,(H,23,25)/b16-14+. The van der Waals surface area contributed by atoms with Gasteiger partial charge in [-0.15, -0.1) is 0 Å². The molecule has 0 saturated carbocycles. The van der Waals surface area contributed by atoms with Gasteiger partial charge in [0.2, 0.25) is 5.91 Å². The minimum Gasteiger partial charge on any atom is -0.322 e. The molecule has 1 saturated heterocycles. The van der Waals surface area contributed by atoms with Gasteiger partial charge in [-0.05, 0) is 41.8 Å². The summed E-state index contributed by atoms with van der Waals surface area (Å²) in [6, 6.07) is 14.1. The summed E-state index contributed by atoms with van der Waals surface area (Å²) < 4.78 is 13.0. The first kappa shape index (κ1) is 18.7. The van der Waals surface area contributed by atoms with Gasteiger partial charge in [0.05, 0.1) is 0 Å². The normalized spacial score (nSPS) is 15.7. The van der Waals surface area contributed by atoms with Crippen LogP contribution in [-0.2, 0) is 11.3 Å². The second-order valence-electron chi connectivity index (χ2n) is 6.37. The zero-order valence-electron chi connectivity index (χ0n) is 14.9. The number of benzene rings is 2. The Morgan fingerprint density at radius 2 is 1.85 bits per heavy atom. The van der Waals surface area contributed by atoms with Crippen LogP contribution in [0.2, 0.25) is 0 Å². The number of amides is 1. The molecule has 0 bridgehead atoms. The van der Waals surface area contributed by atoms with Crippen LogP contribution in [0.4, 0.5) is 10.1 Å². The second-order valence-corrected chi connectivity index (χ2v) is 7.59. The van der Waals surface area contributed by atoms with E-state index < -0.39 is 0 Å². The van der Waals surface area contributed by atoms with Crippen molar-refractivity contribution in [1.29, 1.82) is 0 Å². The minimum absolute atomic E-state index is 0.173. The molecule has 0 unspecified atom stereocenters. The van der Waals surface area contributed by atoms with E-state index in [2.05, 4.69) is 16.3 Å². The lowest BCUT2D eigenvalue weighted by atomic mass is 10.1. The topological polar surface area (TPSA) is 32.3 Å². The number of hydrogen-bond donors (Lipinski definition) is 1. The average molecular weight is 370 g/mol. The first-order valence-corrected chi connectivity index (χ1v) is 9.90.